The van der Waals surface area contributed by atoms with Crippen molar-refractivity contribution in [3.63, 3.8) is 0 Å². The Hall–Kier alpha value is -0.900. The number of hydrogen-bond donors (Lipinski definition) is 2. The maximum atomic E-state index is 10.8. The molecule has 0 unspecified atom stereocenters. The first-order chi connectivity index (χ1) is 7.09. The zero-order valence-electron chi connectivity index (χ0n) is 8.96. The summed E-state index contributed by atoms with van der Waals surface area (Å²) in [5.74, 6) is 1.58. The van der Waals surface area contributed by atoms with Crippen LogP contribution >= 0.6 is 11.8 Å². The Morgan fingerprint density at radius 2 is 2.27 bits per heavy atom. The number of carboxylic acid groups (broad SMARTS) is 1. The third-order valence-corrected chi connectivity index (χ3v) is 3.72. The van der Waals surface area contributed by atoms with E-state index in [0.29, 0.717) is 5.92 Å². The van der Waals surface area contributed by atoms with Crippen LogP contribution in [0.4, 0.5) is 0 Å². The van der Waals surface area contributed by atoms with E-state index >= 15 is 0 Å². The number of hydrogen-bond acceptors (Lipinski definition) is 2. The minimum absolute atomic E-state index is 0.153. The molecule has 1 aliphatic heterocycles. The molecule has 82 valence electrons. The summed E-state index contributed by atoms with van der Waals surface area (Å²) >= 11 is 1.85. The maximum Gasteiger partial charge on any atom is 0.307 e. The maximum absolute atomic E-state index is 10.8. The Morgan fingerprint density at radius 3 is 2.87 bits per heavy atom. The first-order valence-electron chi connectivity index (χ1n) is 5.11. The molecule has 0 aromatic carbocycles. The lowest BCUT2D eigenvalue weighted by Gasteiger charge is -2.07. The first-order valence-corrected chi connectivity index (χ1v) is 6.27. The van der Waals surface area contributed by atoms with Gasteiger partial charge in [-0.15, -0.1) is 0 Å². The van der Waals surface area contributed by atoms with Crippen LogP contribution in [0.1, 0.15) is 42.3 Å². The summed E-state index contributed by atoms with van der Waals surface area (Å²) in [4.78, 5) is 14.2. The van der Waals surface area contributed by atoms with E-state index in [1.54, 1.807) is 0 Å². The van der Waals surface area contributed by atoms with Crippen LogP contribution in [0.25, 0.3) is 0 Å². The number of fused-ring (bicyclic) bond motifs is 1. The highest BCUT2D eigenvalue weighted by Gasteiger charge is 2.24. The average Bonchev–Trinajstić information content (AvgIpc) is 2.66. The average molecular weight is 225 g/mol. The van der Waals surface area contributed by atoms with Crippen molar-refractivity contribution in [2.24, 2.45) is 0 Å². The van der Waals surface area contributed by atoms with Gasteiger partial charge in [0.05, 0.1) is 6.42 Å². The van der Waals surface area contributed by atoms with Gasteiger partial charge in [0.15, 0.2) is 0 Å². The van der Waals surface area contributed by atoms with E-state index in [1.807, 2.05) is 11.8 Å². The van der Waals surface area contributed by atoms with Crippen LogP contribution in [0.2, 0.25) is 0 Å². The standard InChI is InChI=1S/C11H15NO2S/c1-6(2)11-7(3-10(13)14)8-4-15-5-9(8)12-11/h6,12H,3-5H2,1-2H3,(H,13,14). The zero-order valence-corrected chi connectivity index (χ0v) is 9.78. The molecule has 0 amide bonds. The van der Waals surface area contributed by atoms with Crippen molar-refractivity contribution in [3.8, 4) is 0 Å². The van der Waals surface area contributed by atoms with Gasteiger partial charge in [0.1, 0.15) is 0 Å². The van der Waals surface area contributed by atoms with Gasteiger partial charge in [0.2, 0.25) is 0 Å². The van der Waals surface area contributed by atoms with Gasteiger partial charge in [0, 0.05) is 22.9 Å². The third kappa shape index (κ3) is 1.91. The topological polar surface area (TPSA) is 53.1 Å². The minimum atomic E-state index is -0.740. The molecular formula is C11H15NO2S. The predicted octanol–water partition coefficient (Wildman–Crippen LogP) is 2.51. The molecule has 2 rings (SSSR count). The first kappa shape index (κ1) is 10.6. The number of rotatable bonds is 3. The molecule has 3 nitrogen and oxygen atoms in total. The molecule has 0 radical (unpaired) electrons. The van der Waals surface area contributed by atoms with E-state index in [-0.39, 0.29) is 6.42 Å². The Kier molecular flexibility index (Phi) is 2.78. The highest BCUT2D eigenvalue weighted by molar-refractivity contribution is 7.98. The Bertz CT molecular complexity index is 396. The van der Waals surface area contributed by atoms with E-state index in [0.717, 1.165) is 22.8 Å². The highest BCUT2D eigenvalue weighted by Crippen LogP contribution is 2.36. The fourth-order valence-corrected chi connectivity index (χ4v) is 3.16. The number of aromatic amines is 1. The van der Waals surface area contributed by atoms with Crippen molar-refractivity contribution in [1.29, 1.82) is 0 Å². The Labute approximate surface area is 93.3 Å². The second-order valence-corrected chi connectivity index (χ2v) is 5.18. The summed E-state index contributed by atoms with van der Waals surface area (Å²) in [5.41, 5.74) is 4.62. The molecule has 0 aliphatic carbocycles. The van der Waals surface area contributed by atoms with Gasteiger partial charge < -0.3 is 10.1 Å². The third-order valence-electron chi connectivity index (χ3n) is 2.74. The van der Waals surface area contributed by atoms with Crippen LogP contribution < -0.4 is 0 Å². The summed E-state index contributed by atoms with van der Waals surface area (Å²) < 4.78 is 0. The molecule has 0 saturated carbocycles. The van der Waals surface area contributed by atoms with E-state index < -0.39 is 5.97 Å². The predicted molar refractivity (Wildman–Crippen MR) is 61.2 cm³/mol. The molecule has 0 atom stereocenters. The van der Waals surface area contributed by atoms with Crippen LogP contribution in [-0.2, 0) is 22.7 Å². The van der Waals surface area contributed by atoms with Crippen LogP contribution in [0.5, 0.6) is 0 Å². The number of carboxylic acids is 1. The molecule has 0 fully saturated rings. The quantitative estimate of drug-likeness (QED) is 0.831. The van der Waals surface area contributed by atoms with Crippen molar-refractivity contribution >= 4 is 17.7 Å². The summed E-state index contributed by atoms with van der Waals surface area (Å²) in [6.45, 7) is 4.19. The van der Waals surface area contributed by atoms with E-state index in [1.165, 1.54) is 11.3 Å². The van der Waals surface area contributed by atoms with Crippen molar-refractivity contribution in [2.45, 2.75) is 37.7 Å². The minimum Gasteiger partial charge on any atom is -0.481 e. The monoisotopic (exact) mass is 225 g/mol. The van der Waals surface area contributed by atoms with Crippen LogP contribution in [-0.4, -0.2) is 16.1 Å². The molecule has 4 heteroatoms. The number of thioether (sulfide) groups is 1. The number of carbonyl (C=O) groups is 1. The van der Waals surface area contributed by atoms with Gasteiger partial charge in [-0.05, 0) is 17.0 Å². The lowest BCUT2D eigenvalue weighted by molar-refractivity contribution is -0.136. The largest absolute Gasteiger partial charge is 0.481 e. The van der Waals surface area contributed by atoms with Gasteiger partial charge in [0.25, 0.3) is 0 Å². The van der Waals surface area contributed by atoms with Crippen molar-refractivity contribution in [2.75, 3.05) is 0 Å². The Morgan fingerprint density at radius 1 is 1.53 bits per heavy atom. The second kappa shape index (κ2) is 3.93. The number of aliphatic carboxylic acids is 1. The fourth-order valence-electron chi connectivity index (χ4n) is 2.06. The van der Waals surface area contributed by atoms with Gasteiger partial charge in [-0.1, -0.05) is 13.8 Å². The van der Waals surface area contributed by atoms with Crippen LogP contribution in [0.15, 0.2) is 0 Å². The summed E-state index contributed by atoms with van der Waals surface area (Å²) in [5, 5.41) is 8.90. The van der Waals surface area contributed by atoms with Gasteiger partial charge in [-0.3, -0.25) is 4.79 Å². The lowest BCUT2D eigenvalue weighted by Crippen LogP contribution is -2.05. The summed E-state index contributed by atoms with van der Waals surface area (Å²) in [7, 11) is 0. The van der Waals surface area contributed by atoms with Crippen molar-refractivity contribution < 1.29 is 9.90 Å². The van der Waals surface area contributed by atoms with Gasteiger partial charge >= 0.3 is 5.97 Å². The molecule has 15 heavy (non-hydrogen) atoms. The lowest BCUT2D eigenvalue weighted by atomic mass is 10.0. The van der Waals surface area contributed by atoms with Gasteiger partial charge in [-0.2, -0.15) is 11.8 Å². The number of nitrogens with one attached hydrogen (secondary N) is 1. The van der Waals surface area contributed by atoms with Crippen molar-refractivity contribution in [3.05, 3.63) is 22.5 Å². The smallest absolute Gasteiger partial charge is 0.307 e. The zero-order chi connectivity index (χ0) is 11.0. The molecule has 0 bridgehead atoms. The molecular weight excluding hydrogens is 210 g/mol. The molecule has 1 aromatic heterocycles. The molecule has 2 heterocycles. The van der Waals surface area contributed by atoms with Crippen molar-refractivity contribution in [1.82, 2.24) is 4.98 Å². The molecule has 0 spiro atoms. The van der Waals surface area contributed by atoms with E-state index in [4.69, 9.17) is 5.11 Å². The number of H-pyrrole nitrogens is 1. The molecule has 1 aliphatic rings. The van der Waals surface area contributed by atoms with Gasteiger partial charge in [-0.25, -0.2) is 0 Å². The highest BCUT2D eigenvalue weighted by atomic mass is 32.2. The van der Waals surface area contributed by atoms with E-state index in [9.17, 15) is 4.79 Å². The molecule has 0 saturated heterocycles. The summed E-state index contributed by atoms with van der Waals surface area (Å²) in [6, 6.07) is 0. The van der Waals surface area contributed by atoms with Crippen LogP contribution in [0.3, 0.4) is 0 Å². The Balaban J connectivity index is 2.43. The molecule has 1 aromatic rings. The number of aromatic nitrogens is 1. The molecule has 2 N–H and O–H groups in total. The fraction of sp³-hybridized carbons (Fsp3) is 0.545. The summed E-state index contributed by atoms with van der Waals surface area (Å²) in [6.07, 6.45) is 0.153. The normalized spacial score (nSPS) is 14.6. The second-order valence-electron chi connectivity index (χ2n) is 4.19. The SMILES string of the molecule is CC(C)c1[nH]c2c(c1CC(=O)O)CSC2. The van der Waals surface area contributed by atoms with E-state index in [2.05, 4.69) is 18.8 Å². The van der Waals surface area contributed by atoms with Crippen LogP contribution in [0, 0.1) is 0 Å².